The summed E-state index contributed by atoms with van der Waals surface area (Å²) in [6.45, 7) is 4.77. The maximum Gasteiger partial charge on any atom is 0.243 e. The van der Waals surface area contributed by atoms with Crippen LogP contribution in [0.1, 0.15) is 19.8 Å². The number of hydrogen-bond acceptors (Lipinski definition) is 4. The summed E-state index contributed by atoms with van der Waals surface area (Å²) >= 11 is 0. The summed E-state index contributed by atoms with van der Waals surface area (Å²) in [6, 6.07) is 15.7. The molecule has 2 aromatic carbocycles. The van der Waals surface area contributed by atoms with Crippen LogP contribution >= 0.6 is 0 Å². The van der Waals surface area contributed by atoms with Gasteiger partial charge in [-0.1, -0.05) is 19.1 Å². The SMILES string of the molecule is COc1ccccc1NC(=O)CNc1ccc(N2CCC(C)CC2)cc1. The quantitative estimate of drug-likeness (QED) is 0.825. The molecule has 1 amide bonds. The number of ether oxygens (including phenoxy) is 1. The van der Waals surface area contributed by atoms with Crippen molar-refractivity contribution in [2.24, 2.45) is 5.92 Å². The zero-order valence-electron chi connectivity index (χ0n) is 15.5. The van der Waals surface area contributed by atoms with E-state index in [0.717, 1.165) is 24.7 Å². The number of amides is 1. The van der Waals surface area contributed by atoms with Crippen LogP contribution in [0.2, 0.25) is 0 Å². The number of carbonyl (C=O) groups excluding carboxylic acids is 1. The first-order valence-corrected chi connectivity index (χ1v) is 9.17. The Morgan fingerprint density at radius 2 is 1.81 bits per heavy atom. The highest BCUT2D eigenvalue weighted by molar-refractivity contribution is 5.95. The summed E-state index contributed by atoms with van der Waals surface area (Å²) < 4.78 is 5.25. The Hall–Kier alpha value is -2.69. The third-order valence-corrected chi connectivity index (χ3v) is 4.85. The van der Waals surface area contributed by atoms with E-state index in [1.807, 2.05) is 36.4 Å². The van der Waals surface area contributed by atoms with Crippen molar-refractivity contribution in [1.82, 2.24) is 0 Å². The second-order valence-corrected chi connectivity index (χ2v) is 6.82. The lowest BCUT2D eigenvalue weighted by atomic mass is 9.99. The molecule has 5 nitrogen and oxygen atoms in total. The number of methoxy groups -OCH3 is 1. The summed E-state index contributed by atoms with van der Waals surface area (Å²) in [5.41, 5.74) is 2.87. The van der Waals surface area contributed by atoms with Crippen LogP contribution in [0, 0.1) is 5.92 Å². The molecule has 0 unspecified atom stereocenters. The molecule has 1 fully saturated rings. The number of para-hydroxylation sites is 2. The van der Waals surface area contributed by atoms with Gasteiger partial charge in [0.15, 0.2) is 0 Å². The van der Waals surface area contributed by atoms with E-state index >= 15 is 0 Å². The lowest BCUT2D eigenvalue weighted by Gasteiger charge is -2.32. The van der Waals surface area contributed by atoms with Gasteiger partial charge >= 0.3 is 0 Å². The van der Waals surface area contributed by atoms with Crippen molar-refractivity contribution in [1.29, 1.82) is 0 Å². The van der Waals surface area contributed by atoms with Gasteiger partial charge in [-0.2, -0.15) is 0 Å². The van der Waals surface area contributed by atoms with Crippen LogP contribution in [0.15, 0.2) is 48.5 Å². The van der Waals surface area contributed by atoms with E-state index in [9.17, 15) is 4.79 Å². The molecule has 0 saturated carbocycles. The van der Waals surface area contributed by atoms with Crippen LogP contribution in [-0.4, -0.2) is 32.7 Å². The second-order valence-electron chi connectivity index (χ2n) is 6.82. The van der Waals surface area contributed by atoms with Crippen molar-refractivity contribution in [3.05, 3.63) is 48.5 Å². The molecule has 138 valence electrons. The highest BCUT2D eigenvalue weighted by Crippen LogP contribution is 2.25. The Kier molecular flexibility index (Phi) is 6.00. The number of carbonyl (C=O) groups is 1. The normalized spacial score (nSPS) is 14.8. The minimum absolute atomic E-state index is 0.108. The largest absolute Gasteiger partial charge is 0.495 e. The third-order valence-electron chi connectivity index (χ3n) is 4.85. The summed E-state index contributed by atoms with van der Waals surface area (Å²) in [5, 5.41) is 6.03. The Morgan fingerprint density at radius 1 is 1.12 bits per heavy atom. The smallest absolute Gasteiger partial charge is 0.243 e. The van der Waals surface area contributed by atoms with E-state index in [1.54, 1.807) is 7.11 Å². The van der Waals surface area contributed by atoms with Gasteiger partial charge in [-0.15, -0.1) is 0 Å². The zero-order chi connectivity index (χ0) is 18.4. The van der Waals surface area contributed by atoms with Crippen LogP contribution in [0.3, 0.4) is 0 Å². The highest BCUT2D eigenvalue weighted by Gasteiger charge is 2.15. The van der Waals surface area contributed by atoms with Crippen molar-refractivity contribution >= 4 is 23.0 Å². The fourth-order valence-electron chi connectivity index (χ4n) is 3.18. The molecule has 0 aliphatic carbocycles. The van der Waals surface area contributed by atoms with Gasteiger partial charge in [0.2, 0.25) is 5.91 Å². The molecule has 1 saturated heterocycles. The van der Waals surface area contributed by atoms with E-state index < -0.39 is 0 Å². The number of nitrogens with zero attached hydrogens (tertiary/aromatic N) is 1. The van der Waals surface area contributed by atoms with E-state index in [4.69, 9.17) is 4.74 Å². The Balaban J connectivity index is 1.50. The average molecular weight is 353 g/mol. The molecule has 2 aromatic rings. The third kappa shape index (κ3) is 4.69. The topological polar surface area (TPSA) is 53.6 Å². The van der Waals surface area contributed by atoms with Gasteiger partial charge in [0.25, 0.3) is 0 Å². The van der Waals surface area contributed by atoms with Gasteiger partial charge in [-0.25, -0.2) is 0 Å². The minimum atomic E-state index is -0.108. The molecule has 0 aromatic heterocycles. The molecule has 1 heterocycles. The molecule has 2 N–H and O–H groups in total. The summed E-state index contributed by atoms with van der Waals surface area (Å²) in [6.07, 6.45) is 2.51. The molecule has 0 spiro atoms. The number of piperidine rings is 1. The number of hydrogen-bond donors (Lipinski definition) is 2. The van der Waals surface area contributed by atoms with Gasteiger partial charge < -0.3 is 20.3 Å². The molecule has 3 rings (SSSR count). The van der Waals surface area contributed by atoms with Crippen molar-refractivity contribution < 1.29 is 9.53 Å². The fraction of sp³-hybridized carbons (Fsp3) is 0.381. The Bertz CT molecular complexity index is 722. The molecule has 5 heteroatoms. The first kappa shape index (κ1) is 18.1. The van der Waals surface area contributed by atoms with Gasteiger partial charge in [0.05, 0.1) is 19.3 Å². The van der Waals surface area contributed by atoms with Crippen LogP contribution in [0.5, 0.6) is 5.75 Å². The van der Waals surface area contributed by atoms with Crippen molar-refractivity contribution in [3.63, 3.8) is 0 Å². The number of anilines is 3. The molecule has 0 atom stereocenters. The van der Waals surface area contributed by atoms with Gasteiger partial charge in [-0.3, -0.25) is 4.79 Å². The fourth-order valence-corrected chi connectivity index (χ4v) is 3.18. The first-order chi connectivity index (χ1) is 12.7. The van der Waals surface area contributed by atoms with Crippen LogP contribution < -0.4 is 20.3 Å². The van der Waals surface area contributed by atoms with Crippen molar-refractivity contribution in [2.75, 3.05) is 42.3 Å². The van der Waals surface area contributed by atoms with E-state index in [-0.39, 0.29) is 12.5 Å². The maximum atomic E-state index is 12.2. The molecular formula is C21H27N3O2. The summed E-state index contributed by atoms with van der Waals surface area (Å²) in [5.74, 6) is 1.37. The maximum absolute atomic E-state index is 12.2. The van der Waals surface area contributed by atoms with E-state index in [0.29, 0.717) is 11.4 Å². The minimum Gasteiger partial charge on any atom is -0.495 e. The zero-order valence-corrected chi connectivity index (χ0v) is 15.5. The number of rotatable bonds is 6. The Morgan fingerprint density at radius 3 is 2.50 bits per heavy atom. The van der Waals surface area contributed by atoms with Crippen LogP contribution in [0.25, 0.3) is 0 Å². The standard InChI is InChI=1S/C21H27N3O2/c1-16-11-13-24(14-12-16)18-9-7-17(8-10-18)22-15-21(25)23-19-5-3-4-6-20(19)26-2/h3-10,16,22H,11-15H2,1-2H3,(H,23,25). The summed E-state index contributed by atoms with van der Waals surface area (Å²) in [7, 11) is 1.59. The monoisotopic (exact) mass is 353 g/mol. The Labute approximate surface area is 155 Å². The number of nitrogens with one attached hydrogen (secondary N) is 2. The van der Waals surface area contributed by atoms with Crippen molar-refractivity contribution in [2.45, 2.75) is 19.8 Å². The van der Waals surface area contributed by atoms with Crippen molar-refractivity contribution in [3.8, 4) is 5.75 Å². The van der Waals surface area contributed by atoms with E-state index in [2.05, 4.69) is 34.6 Å². The van der Waals surface area contributed by atoms with Crippen LogP contribution in [-0.2, 0) is 4.79 Å². The first-order valence-electron chi connectivity index (χ1n) is 9.17. The molecule has 1 aliphatic heterocycles. The molecule has 1 aliphatic rings. The lowest BCUT2D eigenvalue weighted by Crippen LogP contribution is -2.32. The predicted molar refractivity (Wildman–Crippen MR) is 107 cm³/mol. The molecular weight excluding hydrogens is 326 g/mol. The second kappa shape index (κ2) is 8.61. The van der Waals surface area contributed by atoms with Gasteiger partial charge in [0, 0.05) is 24.5 Å². The lowest BCUT2D eigenvalue weighted by molar-refractivity contribution is -0.114. The van der Waals surface area contributed by atoms with Gasteiger partial charge in [-0.05, 0) is 55.2 Å². The van der Waals surface area contributed by atoms with Crippen LogP contribution in [0.4, 0.5) is 17.1 Å². The predicted octanol–water partition coefficient (Wildman–Crippen LogP) is 3.98. The molecule has 26 heavy (non-hydrogen) atoms. The van der Waals surface area contributed by atoms with E-state index in [1.165, 1.54) is 18.5 Å². The molecule has 0 radical (unpaired) electrons. The number of benzene rings is 2. The molecule has 0 bridgehead atoms. The summed E-state index contributed by atoms with van der Waals surface area (Å²) in [4.78, 5) is 14.6. The highest BCUT2D eigenvalue weighted by atomic mass is 16.5. The average Bonchev–Trinajstić information content (AvgIpc) is 2.68. The van der Waals surface area contributed by atoms with Gasteiger partial charge in [0.1, 0.15) is 5.75 Å².